The van der Waals surface area contributed by atoms with Crippen LogP contribution < -0.4 is 15.0 Å². The van der Waals surface area contributed by atoms with Crippen molar-refractivity contribution in [3.8, 4) is 5.75 Å². The van der Waals surface area contributed by atoms with E-state index in [9.17, 15) is 14.4 Å². The number of carbonyl (C=O) groups excluding carboxylic acids is 3. The quantitative estimate of drug-likeness (QED) is 0.693. The van der Waals surface area contributed by atoms with Gasteiger partial charge in [-0.2, -0.15) is 0 Å². The first kappa shape index (κ1) is 20.2. The molecule has 0 aromatic heterocycles. The van der Waals surface area contributed by atoms with Gasteiger partial charge >= 0.3 is 0 Å². The molecular weight excluding hydrogens is 400 g/mol. The molecule has 1 N–H and O–H groups in total. The number of amides is 3. The van der Waals surface area contributed by atoms with Gasteiger partial charge in [0.2, 0.25) is 17.7 Å². The van der Waals surface area contributed by atoms with Gasteiger partial charge in [0.05, 0.1) is 23.3 Å². The number of halogens is 1. The smallest absolute Gasteiger partial charge is 0.247 e. The molecule has 1 heterocycles. The SMILES string of the molecule is CCOc1cccc(N2C(=O)C[C@H](SCC(=O)Nc3ccc(Cl)cc3)C2=O)c1. The van der Waals surface area contributed by atoms with Crippen LogP contribution in [-0.4, -0.2) is 35.3 Å². The number of benzene rings is 2. The maximum absolute atomic E-state index is 12.7. The van der Waals surface area contributed by atoms with E-state index in [0.717, 1.165) is 16.7 Å². The normalized spacial score (nSPS) is 16.4. The number of anilines is 2. The van der Waals surface area contributed by atoms with E-state index in [1.54, 1.807) is 48.5 Å². The molecule has 0 spiro atoms. The summed E-state index contributed by atoms with van der Waals surface area (Å²) in [6.07, 6.45) is 0.0661. The summed E-state index contributed by atoms with van der Waals surface area (Å²) in [7, 11) is 0. The second kappa shape index (κ2) is 9.12. The molecule has 1 atom stereocenters. The summed E-state index contributed by atoms with van der Waals surface area (Å²) in [5.41, 5.74) is 1.10. The highest BCUT2D eigenvalue weighted by Crippen LogP contribution is 2.31. The minimum absolute atomic E-state index is 0.0661. The molecule has 0 bridgehead atoms. The third kappa shape index (κ3) is 4.85. The molecule has 1 aliphatic rings. The minimum atomic E-state index is -0.584. The van der Waals surface area contributed by atoms with Gasteiger partial charge < -0.3 is 10.1 Å². The van der Waals surface area contributed by atoms with E-state index in [1.165, 1.54) is 0 Å². The highest BCUT2D eigenvalue weighted by molar-refractivity contribution is 8.01. The Labute approximate surface area is 172 Å². The number of rotatable bonds is 7. The number of hydrogen-bond acceptors (Lipinski definition) is 5. The van der Waals surface area contributed by atoms with Gasteiger partial charge in [-0.3, -0.25) is 14.4 Å². The number of ether oxygens (including phenoxy) is 1. The number of nitrogens with one attached hydrogen (secondary N) is 1. The number of nitrogens with zero attached hydrogens (tertiary/aromatic N) is 1. The first-order valence-electron chi connectivity index (χ1n) is 8.74. The maximum atomic E-state index is 12.7. The summed E-state index contributed by atoms with van der Waals surface area (Å²) in [5.74, 6) is -0.181. The molecule has 0 saturated carbocycles. The Morgan fingerprint density at radius 1 is 1.25 bits per heavy atom. The Bertz CT molecular complexity index is 888. The third-order valence-electron chi connectivity index (χ3n) is 4.04. The number of carbonyl (C=O) groups is 3. The molecule has 28 heavy (non-hydrogen) atoms. The first-order valence-corrected chi connectivity index (χ1v) is 10.2. The Morgan fingerprint density at radius 2 is 2.00 bits per heavy atom. The first-order chi connectivity index (χ1) is 13.5. The number of imide groups is 1. The highest BCUT2D eigenvalue weighted by Gasteiger charge is 2.40. The molecule has 8 heteroatoms. The zero-order valence-corrected chi connectivity index (χ0v) is 16.8. The van der Waals surface area contributed by atoms with Crippen molar-refractivity contribution in [3.63, 3.8) is 0 Å². The van der Waals surface area contributed by atoms with Crippen molar-refractivity contribution in [2.75, 3.05) is 22.6 Å². The summed E-state index contributed by atoms with van der Waals surface area (Å²) in [4.78, 5) is 38.3. The van der Waals surface area contributed by atoms with Crippen LogP contribution in [0.25, 0.3) is 0 Å². The lowest BCUT2D eigenvalue weighted by Gasteiger charge is -2.16. The molecule has 2 aromatic carbocycles. The Balaban J connectivity index is 1.59. The fourth-order valence-corrected chi connectivity index (χ4v) is 3.85. The maximum Gasteiger partial charge on any atom is 0.247 e. The van der Waals surface area contributed by atoms with Crippen molar-refractivity contribution in [3.05, 3.63) is 53.6 Å². The average molecular weight is 419 g/mol. The molecule has 1 fully saturated rings. The van der Waals surface area contributed by atoms with E-state index >= 15 is 0 Å². The van der Waals surface area contributed by atoms with Crippen molar-refractivity contribution in [1.82, 2.24) is 0 Å². The molecule has 0 unspecified atom stereocenters. The van der Waals surface area contributed by atoms with Gasteiger partial charge in [0.1, 0.15) is 5.75 Å². The standard InChI is InChI=1S/C20H19ClN2O4S/c1-2-27-16-5-3-4-15(10-16)23-19(25)11-17(20(23)26)28-12-18(24)22-14-8-6-13(21)7-9-14/h3-10,17H,2,11-12H2,1H3,(H,22,24)/t17-/m0/s1. The zero-order chi connectivity index (χ0) is 20.1. The van der Waals surface area contributed by atoms with Gasteiger partial charge in [-0.05, 0) is 43.3 Å². The van der Waals surface area contributed by atoms with Gasteiger partial charge in [-0.25, -0.2) is 4.90 Å². The van der Waals surface area contributed by atoms with Crippen LogP contribution >= 0.6 is 23.4 Å². The summed E-state index contributed by atoms with van der Waals surface area (Å²) in [6, 6.07) is 13.6. The van der Waals surface area contributed by atoms with Crippen molar-refractivity contribution in [2.24, 2.45) is 0 Å². The molecule has 2 aromatic rings. The van der Waals surface area contributed by atoms with Gasteiger partial charge in [0, 0.05) is 23.2 Å². The third-order valence-corrected chi connectivity index (χ3v) is 5.49. The van der Waals surface area contributed by atoms with E-state index < -0.39 is 5.25 Å². The van der Waals surface area contributed by atoms with Gasteiger partial charge in [-0.1, -0.05) is 17.7 Å². The minimum Gasteiger partial charge on any atom is -0.494 e. The second-order valence-electron chi connectivity index (χ2n) is 6.06. The fourth-order valence-electron chi connectivity index (χ4n) is 2.79. The van der Waals surface area contributed by atoms with Crippen LogP contribution in [-0.2, 0) is 14.4 Å². The largest absolute Gasteiger partial charge is 0.494 e. The Hall–Kier alpha value is -2.51. The molecule has 3 amide bonds. The van der Waals surface area contributed by atoms with Crippen molar-refractivity contribution in [1.29, 1.82) is 0 Å². The van der Waals surface area contributed by atoms with E-state index in [0.29, 0.717) is 28.8 Å². The molecular formula is C20H19ClN2O4S. The van der Waals surface area contributed by atoms with Crippen LogP contribution in [0.5, 0.6) is 5.75 Å². The Kier molecular flexibility index (Phi) is 6.59. The molecule has 6 nitrogen and oxygen atoms in total. The molecule has 0 radical (unpaired) electrons. The van der Waals surface area contributed by atoms with E-state index in [4.69, 9.17) is 16.3 Å². The van der Waals surface area contributed by atoms with Crippen LogP contribution in [0, 0.1) is 0 Å². The van der Waals surface area contributed by atoms with Gasteiger partial charge in [-0.15, -0.1) is 11.8 Å². The van der Waals surface area contributed by atoms with E-state index in [2.05, 4.69) is 5.32 Å². The monoisotopic (exact) mass is 418 g/mol. The lowest BCUT2D eigenvalue weighted by atomic mass is 10.3. The van der Waals surface area contributed by atoms with Gasteiger partial charge in [0.15, 0.2) is 0 Å². The summed E-state index contributed by atoms with van der Waals surface area (Å²) in [6.45, 7) is 2.35. The van der Waals surface area contributed by atoms with Crippen LogP contribution in [0.4, 0.5) is 11.4 Å². The van der Waals surface area contributed by atoms with Crippen LogP contribution in [0.1, 0.15) is 13.3 Å². The molecule has 3 rings (SSSR count). The summed E-state index contributed by atoms with van der Waals surface area (Å²) in [5, 5.41) is 2.73. The van der Waals surface area contributed by atoms with E-state index in [-0.39, 0.29) is 29.9 Å². The molecule has 0 aliphatic carbocycles. The molecule has 1 saturated heterocycles. The van der Waals surface area contributed by atoms with Crippen LogP contribution in [0.3, 0.4) is 0 Å². The number of thioether (sulfide) groups is 1. The highest BCUT2D eigenvalue weighted by atomic mass is 35.5. The van der Waals surface area contributed by atoms with Crippen molar-refractivity contribution in [2.45, 2.75) is 18.6 Å². The van der Waals surface area contributed by atoms with Crippen molar-refractivity contribution >= 4 is 52.5 Å². The topological polar surface area (TPSA) is 75.7 Å². The lowest BCUT2D eigenvalue weighted by molar-refractivity contribution is -0.121. The zero-order valence-electron chi connectivity index (χ0n) is 15.2. The Morgan fingerprint density at radius 3 is 2.71 bits per heavy atom. The fraction of sp³-hybridized carbons (Fsp3) is 0.250. The van der Waals surface area contributed by atoms with Crippen LogP contribution in [0.2, 0.25) is 5.02 Å². The predicted molar refractivity (Wildman–Crippen MR) is 111 cm³/mol. The predicted octanol–water partition coefficient (Wildman–Crippen LogP) is 3.74. The van der Waals surface area contributed by atoms with Crippen molar-refractivity contribution < 1.29 is 19.1 Å². The second-order valence-corrected chi connectivity index (χ2v) is 7.68. The van der Waals surface area contributed by atoms with Crippen LogP contribution in [0.15, 0.2) is 48.5 Å². The van der Waals surface area contributed by atoms with E-state index in [1.807, 2.05) is 6.92 Å². The van der Waals surface area contributed by atoms with Gasteiger partial charge in [0.25, 0.3) is 0 Å². The summed E-state index contributed by atoms with van der Waals surface area (Å²) >= 11 is 6.98. The molecule has 1 aliphatic heterocycles. The lowest BCUT2D eigenvalue weighted by Crippen LogP contribution is -2.31. The molecule has 146 valence electrons. The summed E-state index contributed by atoms with van der Waals surface area (Å²) < 4.78 is 5.43. The number of hydrogen-bond donors (Lipinski definition) is 1. The average Bonchev–Trinajstić information content (AvgIpc) is 2.96.